The van der Waals surface area contributed by atoms with Gasteiger partial charge in [0.25, 0.3) is 0 Å². The first-order valence-corrected chi connectivity index (χ1v) is 9.35. The minimum atomic E-state index is -0.496. The van der Waals surface area contributed by atoms with Crippen molar-refractivity contribution in [2.24, 2.45) is 0 Å². The van der Waals surface area contributed by atoms with Crippen LogP contribution in [0.2, 0.25) is 0 Å². The summed E-state index contributed by atoms with van der Waals surface area (Å²) in [5.74, 6) is -0.375. The molecule has 0 unspecified atom stereocenters. The van der Waals surface area contributed by atoms with Crippen molar-refractivity contribution in [3.8, 4) is 0 Å². The number of ether oxygens (including phenoxy) is 1. The third-order valence-electron chi connectivity index (χ3n) is 4.98. The highest BCUT2D eigenvalue weighted by atomic mass is 16.5. The zero-order valence-corrected chi connectivity index (χ0v) is 15.5. The summed E-state index contributed by atoms with van der Waals surface area (Å²) < 4.78 is 5.32. The van der Waals surface area contributed by atoms with Crippen molar-refractivity contribution in [3.05, 3.63) is 46.7 Å². The van der Waals surface area contributed by atoms with E-state index in [2.05, 4.69) is 15.5 Å². The van der Waals surface area contributed by atoms with Crippen LogP contribution in [0.3, 0.4) is 0 Å². The molecule has 1 aromatic rings. The van der Waals surface area contributed by atoms with E-state index in [4.69, 9.17) is 4.74 Å². The van der Waals surface area contributed by atoms with E-state index in [0.717, 1.165) is 37.1 Å². The van der Waals surface area contributed by atoms with Gasteiger partial charge < -0.3 is 15.4 Å². The lowest BCUT2D eigenvalue weighted by molar-refractivity contribution is -0.139. The minimum Gasteiger partial charge on any atom is -0.463 e. The third kappa shape index (κ3) is 4.07. The summed E-state index contributed by atoms with van der Waals surface area (Å²) in [6.45, 7) is 6.60. The van der Waals surface area contributed by atoms with Crippen molar-refractivity contribution in [1.82, 2.24) is 15.5 Å². The molecule has 6 nitrogen and oxygen atoms in total. The smallest absolute Gasteiger partial charge is 0.338 e. The topological polar surface area (TPSA) is 70.7 Å². The number of carbonyl (C=O) groups is 2. The maximum atomic E-state index is 12.8. The molecule has 1 atom stereocenters. The lowest BCUT2D eigenvalue weighted by Crippen LogP contribution is -2.49. The number of esters is 1. The minimum absolute atomic E-state index is 0.279. The number of nitrogens with one attached hydrogen (secondary N) is 2. The number of urea groups is 1. The fourth-order valence-corrected chi connectivity index (χ4v) is 3.68. The summed E-state index contributed by atoms with van der Waals surface area (Å²) in [6.07, 6.45) is 3.53. The Morgan fingerprint density at radius 1 is 1.23 bits per heavy atom. The maximum Gasteiger partial charge on any atom is 0.338 e. The molecule has 0 radical (unpaired) electrons. The molecule has 2 aliphatic heterocycles. The van der Waals surface area contributed by atoms with Gasteiger partial charge in [-0.1, -0.05) is 30.7 Å². The lowest BCUT2D eigenvalue weighted by Gasteiger charge is -2.33. The predicted octanol–water partition coefficient (Wildman–Crippen LogP) is 2.65. The molecule has 0 spiro atoms. The van der Waals surface area contributed by atoms with E-state index < -0.39 is 6.04 Å². The molecule has 3 rings (SSSR count). The van der Waals surface area contributed by atoms with Gasteiger partial charge in [0, 0.05) is 12.2 Å². The zero-order valence-electron chi connectivity index (χ0n) is 15.5. The number of amides is 2. The van der Waals surface area contributed by atoms with Crippen molar-refractivity contribution in [3.63, 3.8) is 0 Å². The van der Waals surface area contributed by atoms with Crippen LogP contribution in [0.1, 0.15) is 43.4 Å². The molecular weight excluding hydrogens is 330 g/mol. The van der Waals surface area contributed by atoms with Crippen LogP contribution in [0.5, 0.6) is 0 Å². The van der Waals surface area contributed by atoms with Gasteiger partial charge in [0.05, 0.1) is 18.2 Å². The number of piperidine rings is 1. The molecule has 0 aliphatic carbocycles. The fraction of sp³-hybridized carbons (Fsp3) is 0.500. The monoisotopic (exact) mass is 357 g/mol. The van der Waals surface area contributed by atoms with E-state index in [1.807, 2.05) is 31.2 Å². The number of carbonyl (C=O) groups excluding carboxylic acids is 2. The Balaban J connectivity index is 2.00. The van der Waals surface area contributed by atoms with Crippen LogP contribution >= 0.6 is 0 Å². The van der Waals surface area contributed by atoms with E-state index in [0.29, 0.717) is 24.4 Å². The molecule has 0 saturated carbocycles. The largest absolute Gasteiger partial charge is 0.463 e. The van der Waals surface area contributed by atoms with Crippen LogP contribution in [0, 0.1) is 6.92 Å². The van der Waals surface area contributed by atoms with E-state index in [-0.39, 0.29) is 12.0 Å². The number of rotatable bonds is 5. The Kier molecular flexibility index (Phi) is 5.93. The number of hydrogen-bond donors (Lipinski definition) is 2. The van der Waals surface area contributed by atoms with Gasteiger partial charge in [-0.15, -0.1) is 0 Å². The Bertz CT molecular complexity index is 708. The average molecular weight is 357 g/mol. The van der Waals surface area contributed by atoms with Crippen molar-refractivity contribution >= 4 is 12.0 Å². The molecule has 1 aromatic carbocycles. The highest BCUT2D eigenvalue weighted by Crippen LogP contribution is 2.30. The van der Waals surface area contributed by atoms with Crippen molar-refractivity contribution < 1.29 is 14.3 Å². The molecule has 0 aromatic heterocycles. The van der Waals surface area contributed by atoms with Crippen molar-refractivity contribution in [2.75, 3.05) is 26.2 Å². The SMILES string of the molecule is CCOC(=O)C1=C(CN2CCCCC2)NC(=O)N[C@H]1c1ccccc1C. The van der Waals surface area contributed by atoms with Crippen LogP contribution in [0.15, 0.2) is 35.5 Å². The van der Waals surface area contributed by atoms with Crippen LogP contribution < -0.4 is 10.6 Å². The molecular formula is C20H27N3O3. The van der Waals surface area contributed by atoms with Gasteiger partial charge in [0.2, 0.25) is 0 Å². The third-order valence-corrected chi connectivity index (χ3v) is 4.98. The van der Waals surface area contributed by atoms with E-state index in [9.17, 15) is 9.59 Å². The normalized spacial score (nSPS) is 21.2. The van der Waals surface area contributed by atoms with Crippen molar-refractivity contribution in [2.45, 2.75) is 39.2 Å². The highest BCUT2D eigenvalue weighted by molar-refractivity contribution is 5.95. The van der Waals surface area contributed by atoms with Gasteiger partial charge in [0.15, 0.2) is 0 Å². The molecule has 0 bridgehead atoms. The molecule has 2 N–H and O–H groups in total. The Morgan fingerprint density at radius 3 is 2.65 bits per heavy atom. The Morgan fingerprint density at radius 2 is 1.96 bits per heavy atom. The Hall–Kier alpha value is -2.34. The Labute approximate surface area is 154 Å². The molecule has 26 heavy (non-hydrogen) atoms. The maximum absolute atomic E-state index is 12.8. The number of benzene rings is 1. The predicted molar refractivity (Wildman–Crippen MR) is 99.5 cm³/mol. The summed E-state index contributed by atoms with van der Waals surface area (Å²) in [5.41, 5.74) is 3.11. The second-order valence-corrected chi connectivity index (χ2v) is 6.84. The fourth-order valence-electron chi connectivity index (χ4n) is 3.68. The molecule has 2 heterocycles. The summed E-state index contributed by atoms with van der Waals surface area (Å²) >= 11 is 0. The van der Waals surface area contributed by atoms with E-state index in [1.54, 1.807) is 6.92 Å². The summed E-state index contributed by atoms with van der Waals surface area (Å²) in [4.78, 5) is 27.4. The van der Waals surface area contributed by atoms with Crippen LogP contribution in [-0.4, -0.2) is 43.1 Å². The standard InChI is InChI=1S/C20H27N3O3/c1-3-26-19(24)17-16(13-23-11-7-4-8-12-23)21-20(25)22-18(17)15-10-6-5-9-14(15)2/h5-6,9-10,18H,3-4,7-8,11-13H2,1-2H3,(H2,21,22,25)/t18-/m0/s1. The van der Waals surface area contributed by atoms with Gasteiger partial charge in [-0.25, -0.2) is 9.59 Å². The molecule has 2 aliphatic rings. The number of hydrogen-bond acceptors (Lipinski definition) is 4. The molecule has 140 valence electrons. The number of likely N-dealkylation sites (tertiary alicyclic amines) is 1. The zero-order chi connectivity index (χ0) is 18.5. The summed E-state index contributed by atoms with van der Waals surface area (Å²) in [7, 11) is 0. The number of nitrogens with zero attached hydrogens (tertiary/aromatic N) is 1. The molecule has 1 saturated heterocycles. The van der Waals surface area contributed by atoms with Gasteiger partial charge in [-0.3, -0.25) is 4.90 Å². The van der Waals surface area contributed by atoms with Gasteiger partial charge in [0.1, 0.15) is 0 Å². The molecule has 1 fully saturated rings. The lowest BCUT2D eigenvalue weighted by atomic mass is 9.92. The second kappa shape index (κ2) is 8.36. The summed E-state index contributed by atoms with van der Waals surface area (Å²) in [6, 6.07) is 7.02. The summed E-state index contributed by atoms with van der Waals surface area (Å²) in [5, 5.41) is 5.76. The van der Waals surface area contributed by atoms with Crippen LogP contribution in [0.25, 0.3) is 0 Å². The van der Waals surface area contributed by atoms with Crippen molar-refractivity contribution in [1.29, 1.82) is 0 Å². The van der Waals surface area contributed by atoms with E-state index >= 15 is 0 Å². The molecule has 2 amide bonds. The first kappa shape index (κ1) is 18.5. The van der Waals surface area contributed by atoms with Crippen LogP contribution in [0.4, 0.5) is 4.79 Å². The van der Waals surface area contributed by atoms with Gasteiger partial charge >= 0.3 is 12.0 Å². The first-order valence-electron chi connectivity index (χ1n) is 9.35. The second-order valence-electron chi connectivity index (χ2n) is 6.84. The van der Waals surface area contributed by atoms with E-state index in [1.165, 1.54) is 6.42 Å². The van der Waals surface area contributed by atoms with Crippen LogP contribution in [-0.2, 0) is 9.53 Å². The van der Waals surface area contributed by atoms with Gasteiger partial charge in [-0.05, 0) is 50.9 Å². The average Bonchev–Trinajstić information content (AvgIpc) is 2.62. The quantitative estimate of drug-likeness (QED) is 0.795. The molecule has 6 heteroatoms. The highest BCUT2D eigenvalue weighted by Gasteiger charge is 2.34. The van der Waals surface area contributed by atoms with Gasteiger partial charge in [-0.2, -0.15) is 0 Å². The first-order chi connectivity index (χ1) is 12.6. The number of aryl methyl sites for hydroxylation is 1.